The van der Waals surface area contributed by atoms with Crippen molar-refractivity contribution in [1.29, 1.82) is 0 Å². The van der Waals surface area contributed by atoms with Crippen LogP contribution in [0, 0.1) is 0 Å². The van der Waals surface area contributed by atoms with E-state index in [1.165, 1.54) is 6.34 Å². The van der Waals surface area contributed by atoms with Crippen LogP contribution in [0.2, 0.25) is 0 Å². The lowest BCUT2D eigenvalue weighted by molar-refractivity contribution is 0.936. The Hall–Kier alpha value is -1.06. The molecule has 4 nitrogen and oxygen atoms in total. The predicted octanol–water partition coefficient (Wildman–Crippen LogP) is -0.487. The van der Waals surface area contributed by atoms with Crippen LogP contribution < -0.4 is 10.6 Å². The highest BCUT2D eigenvalue weighted by Gasteiger charge is 1.98. The zero-order chi connectivity index (χ0) is 5.82. The van der Waals surface area contributed by atoms with Gasteiger partial charge in [-0.25, -0.2) is 0 Å². The average molecular weight is 111 g/mol. The molecule has 1 heterocycles. The van der Waals surface area contributed by atoms with Gasteiger partial charge in [0.1, 0.15) is 6.34 Å². The molecule has 0 aromatic carbocycles. The fourth-order valence-corrected chi connectivity index (χ4v) is 0.426. The molecule has 0 amide bonds. The number of hydrogen-bond acceptors (Lipinski definition) is 3. The van der Waals surface area contributed by atoms with E-state index in [1.54, 1.807) is 0 Å². The van der Waals surface area contributed by atoms with Crippen molar-refractivity contribution in [3.8, 4) is 0 Å². The summed E-state index contributed by atoms with van der Waals surface area (Å²) in [4.78, 5) is 0. The average Bonchev–Trinajstić information content (AvgIpc) is 2.19. The molecule has 0 atom stereocenters. The highest BCUT2D eigenvalue weighted by atomic mass is 15.4. The number of hydrogen-bond donors (Lipinski definition) is 1. The smallest absolute Gasteiger partial charge is 0.244 e. The Morgan fingerprint density at radius 1 is 1.75 bits per heavy atom. The van der Waals surface area contributed by atoms with Crippen molar-refractivity contribution in [1.82, 2.24) is 10.6 Å². The first-order valence-corrected chi connectivity index (χ1v) is 2.47. The zero-order valence-corrected chi connectivity index (χ0v) is 4.63. The normalized spacial score (nSPS) is 15.4. The van der Waals surface area contributed by atoms with Gasteiger partial charge in [0.2, 0.25) is 5.96 Å². The van der Waals surface area contributed by atoms with Crippen LogP contribution in [0.1, 0.15) is 6.92 Å². The third kappa shape index (κ3) is 0.959. The standard InChI is InChI=1S/C4H7N4/c1-2-5-4-6-3-7-8-4/h3H,2H2,1H3,(H,5,8). The van der Waals surface area contributed by atoms with Crippen molar-refractivity contribution in [2.45, 2.75) is 6.92 Å². The Labute approximate surface area is 47.7 Å². The van der Waals surface area contributed by atoms with Gasteiger partial charge in [-0.05, 0) is 6.92 Å². The quantitative estimate of drug-likeness (QED) is 0.488. The summed E-state index contributed by atoms with van der Waals surface area (Å²) >= 11 is 0. The highest BCUT2D eigenvalue weighted by molar-refractivity contribution is 5.92. The topological polar surface area (TPSA) is 50.9 Å². The molecule has 0 saturated carbocycles. The van der Waals surface area contributed by atoms with Crippen LogP contribution in [0.15, 0.2) is 10.2 Å². The van der Waals surface area contributed by atoms with Gasteiger partial charge in [0.15, 0.2) is 0 Å². The first kappa shape index (κ1) is 5.08. The monoisotopic (exact) mass is 111 g/mol. The molecule has 0 aliphatic carbocycles. The van der Waals surface area contributed by atoms with E-state index in [-0.39, 0.29) is 0 Å². The second-order valence-corrected chi connectivity index (χ2v) is 1.31. The summed E-state index contributed by atoms with van der Waals surface area (Å²) in [5.74, 6) is 0.604. The maximum atomic E-state index is 3.77. The first-order chi connectivity index (χ1) is 3.93. The van der Waals surface area contributed by atoms with Crippen molar-refractivity contribution >= 4 is 12.3 Å². The van der Waals surface area contributed by atoms with Gasteiger partial charge < -0.3 is 5.32 Å². The summed E-state index contributed by atoms with van der Waals surface area (Å²) in [7, 11) is 0. The van der Waals surface area contributed by atoms with Crippen LogP contribution in [0.3, 0.4) is 0 Å². The fraction of sp³-hybridized carbons (Fsp3) is 0.500. The minimum Gasteiger partial charge on any atom is -0.353 e. The molecule has 1 aliphatic heterocycles. The Morgan fingerprint density at radius 2 is 2.62 bits per heavy atom. The molecule has 8 heavy (non-hydrogen) atoms. The zero-order valence-electron chi connectivity index (χ0n) is 4.63. The second kappa shape index (κ2) is 2.30. The first-order valence-electron chi connectivity index (χ1n) is 2.47. The summed E-state index contributed by atoms with van der Waals surface area (Å²) in [6, 6.07) is 0. The van der Waals surface area contributed by atoms with E-state index in [2.05, 4.69) is 20.8 Å². The van der Waals surface area contributed by atoms with Crippen molar-refractivity contribution in [3.63, 3.8) is 0 Å². The van der Waals surface area contributed by atoms with Crippen molar-refractivity contribution in [2.75, 3.05) is 6.54 Å². The molecule has 0 saturated heterocycles. The van der Waals surface area contributed by atoms with Gasteiger partial charge in [-0.2, -0.15) is 5.32 Å². The summed E-state index contributed by atoms with van der Waals surface area (Å²) in [6.45, 7) is 2.82. The van der Waals surface area contributed by atoms with Crippen molar-refractivity contribution in [3.05, 3.63) is 0 Å². The summed E-state index contributed by atoms with van der Waals surface area (Å²) in [5.41, 5.74) is 0. The Morgan fingerprint density at radius 3 is 3.12 bits per heavy atom. The van der Waals surface area contributed by atoms with Gasteiger partial charge in [-0.15, -0.1) is 10.2 Å². The third-order valence-electron chi connectivity index (χ3n) is 0.719. The fourth-order valence-electron chi connectivity index (χ4n) is 0.426. The van der Waals surface area contributed by atoms with Gasteiger partial charge in [0.25, 0.3) is 0 Å². The predicted molar refractivity (Wildman–Crippen MR) is 31.7 cm³/mol. The van der Waals surface area contributed by atoms with E-state index in [0.29, 0.717) is 5.96 Å². The summed E-state index contributed by atoms with van der Waals surface area (Å²) in [6.07, 6.45) is 1.41. The van der Waals surface area contributed by atoms with Crippen LogP contribution in [-0.4, -0.2) is 18.8 Å². The summed E-state index contributed by atoms with van der Waals surface area (Å²) < 4.78 is 0. The van der Waals surface area contributed by atoms with Gasteiger partial charge >= 0.3 is 0 Å². The molecule has 43 valence electrons. The molecular formula is C4H7N4. The molecule has 0 bridgehead atoms. The van der Waals surface area contributed by atoms with Crippen molar-refractivity contribution < 1.29 is 0 Å². The van der Waals surface area contributed by atoms with Gasteiger partial charge in [-0.3, -0.25) is 0 Å². The molecule has 1 rings (SSSR count). The van der Waals surface area contributed by atoms with Crippen LogP contribution in [-0.2, 0) is 0 Å². The van der Waals surface area contributed by atoms with Gasteiger partial charge in [-0.1, -0.05) is 0 Å². The van der Waals surface area contributed by atoms with E-state index in [0.717, 1.165) is 6.54 Å². The maximum absolute atomic E-state index is 3.77. The summed E-state index contributed by atoms with van der Waals surface area (Å²) in [5, 5.41) is 13.8. The molecule has 1 radical (unpaired) electrons. The molecule has 4 heteroatoms. The van der Waals surface area contributed by atoms with E-state index >= 15 is 0 Å². The molecule has 0 aromatic rings. The number of guanidine groups is 1. The van der Waals surface area contributed by atoms with E-state index < -0.39 is 0 Å². The Balaban J connectivity index is 2.28. The van der Waals surface area contributed by atoms with Crippen LogP contribution in [0.4, 0.5) is 0 Å². The van der Waals surface area contributed by atoms with Gasteiger partial charge in [0.05, 0.1) is 0 Å². The molecule has 1 aliphatic rings. The lowest BCUT2D eigenvalue weighted by Crippen LogP contribution is -2.28. The van der Waals surface area contributed by atoms with Gasteiger partial charge in [0, 0.05) is 6.54 Å². The van der Waals surface area contributed by atoms with Crippen LogP contribution >= 0.6 is 0 Å². The number of nitrogens with zero attached hydrogens (tertiary/aromatic N) is 3. The third-order valence-corrected chi connectivity index (χ3v) is 0.719. The van der Waals surface area contributed by atoms with E-state index in [4.69, 9.17) is 0 Å². The van der Waals surface area contributed by atoms with Crippen LogP contribution in [0.25, 0.3) is 0 Å². The second-order valence-electron chi connectivity index (χ2n) is 1.31. The minimum absolute atomic E-state index is 0.604. The SMILES string of the molecule is CCNC1=NN=C[N]1. The molecular weight excluding hydrogens is 104 g/mol. The Kier molecular flexibility index (Phi) is 1.46. The molecule has 0 aromatic heterocycles. The molecule has 0 fully saturated rings. The number of nitrogens with one attached hydrogen (secondary N) is 1. The number of rotatable bonds is 1. The van der Waals surface area contributed by atoms with E-state index in [9.17, 15) is 0 Å². The lowest BCUT2D eigenvalue weighted by atomic mass is 10.7. The largest absolute Gasteiger partial charge is 0.353 e. The highest BCUT2D eigenvalue weighted by Crippen LogP contribution is 1.78. The minimum atomic E-state index is 0.604. The molecule has 0 unspecified atom stereocenters. The Bertz CT molecular complexity index is 126. The molecule has 0 spiro atoms. The van der Waals surface area contributed by atoms with E-state index in [1.807, 2.05) is 6.92 Å². The lowest BCUT2D eigenvalue weighted by Gasteiger charge is -1.95. The van der Waals surface area contributed by atoms with Crippen molar-refractivity contribution in [2.24, 2.45) is 10.2 Å². The maximum Gasteiger partial charge on any atom is 0.244 e. The van der Waals surface area contributed by atoms with Crippen LogP contribution in [0.5, 0.6) is 0 Å². The molecule has 1 N–H and O–H groups in total.